The van der Waals surface area contributed by atoms with Crippen LogP contribution in [-0.2, 0) is 9.59 Å². The Morgan fingerprint density at radius 3 is 1.95 bits per heavy atom. The lowest BCUT2D eigenvalue weighted by molar-refractivity contribution is -0.142. The Morgan fingerprint density at radius 1 is 1.05 bits per heavy atom. The lowest BCUT2D eigenvalue weighted by Crippen LogP contribution is -2.38. The van der Waals surface area contributed by atoms with Crippen molar-refractivity contribution in [3.8, 4) is 0 Å². The third kappa shape index (κ3) is 4.08. The lowest BCUT2D eigenvalue weighted by Gasteiger charge is -2.20. The number of amides is 1. The van der Waals surface area contributed by atoms with Crippen molar-refractivity contribution in [3.05, 3.63) is 34.9 Å². The van der Waals surface area contributed by atoms with E-state index in [2.05, 4.69) is 5.32 Å². The van der Waals surface area contributed by atoms with Crippen LogP contribution >= 0.6 is 0 Å². The topological polar surface area (TPSA) is 66.4 Å². The molecule has 0 spiro atoms. The van der Waals surface area contributed by atoms with Crippen LogP contribution < -0.4 is 5.32 Å². The first-order valence-corrected chi connectivity index (χ1v) is 6.83. The zero-order valence-corrected chi connectivity index (χ0v) is 12.7. The summed E-state index contributed by atoms with van der Waals surface area (Å²) in [5.41, 5.74) is 2.58. The summed E-state index contributed by atoms with van der Waals surface area (Å²) in [5, 5.41) is 12.0. The molecule has 0 aliphatic heterocycles. The number of hydrogen-bond donors (Lipinski definition) is 2. The summed E-state index contributed by atoms with van der Waals surface area (Å²) in [5.74, 6) is -1.32. The number of carboxylic acid groups (broad SMARTS) is 1. The van der Waals surface area contributed by atoms with E-state index in [4.69, 9.17) is 0 Å². The molecule has 4 heteroatoms. The van der Waals surface area contributed by atoms with Gasteiger partial charge in [0.2, 0.25) is 5.91 Å². The molecule has 0 heterocycles. The van der Waals surface area contributed by atoms with E-state index in [1.807, 2.05) is 33.8 Å². The standard InChI is InChI=1S/C16H23NO3/c1-9(2)12(5)15(18)17-14(16(19)20)13-7-10(3)6-11(4)8-13/h6-9,12,14H,1-5H3,(H,17,18)(H,19,20). The third-order valence-electron chi connectivity index (χ3n) is 3.52. The van der Waals surface area contributed by atoms with Crippen LogP contribution in [0, 0.1) is 25.7 Å². The van der Waals surface area contributed by atoms with Crippen LogP contribution in [0.5, 0.6) is 0 Å². The summed E-state index contributed by atoms with van der Waals surface area (Å²) in [4.78, 5) is 23.5. The van der Waals surface area contributed by atoms with Gasteiger partial charge in [0.05, 0.1) is 0 Å². The summed E-state index contributed by atoms with van der Waals surface area (Å²) in [6.45, 7) is 9.51. The van der Waals surface area contributed by atoms with E-state index in [-0.39, 0.29) is 17.7 Å². The Balaban J connectivity index is 3.01. The molecule has 1 aromatic carbocycles. The fraction of sp³-hybridized carbons (Fsp3) is 0.500. The highest BCUT2D eigenvalue weighted by molar-refractivity contribution is 5.85. The van der Waals surface area contributed by atoms with Crippen LogP contribution in [0.15, 0.2) is 18.2 Å². The predicted molar refractivity (Wildman–Crippen MR) is 78.4 cm³/mol. The molecule has 0 saturated heterocycles. The molecule has 4 nitrogen and oxygen atoms in total. The number of aryl methyl sites for hydroxylation is 2. The Morgan fingerprint density at radius 2 is 1.55 bits per heavy atom. The van der Waals surface area contributed by atoms with Gasteiger partial charge in [-0.2, -0.15) is 0 Å². The number of carboxylic acids is 1. The van der Waals surface area contributed by atoms with Gasteiger partial charge >= 0.3 is 5.97 Å². The Bertz CT molecular complexity index is 488. The molecule has 2 unspecified atom stereocenters. The van der Waals surface area contributed by atoms with E-state index in [9.17, 15) is 14.7 Å². The van der Waals surface area contributed by atoms with Crippen molar-refractivity contribution in [3.63, 3.8) is 0 Å². The van der Waals surface area contributed by atoms with Gasteiger partial charge in [0.25, 0.3) is 0 Å². The van der Waals surface area contributed by atoms with E-state index in [0.29, 0.717) is 5.56 Å². The summed E-state index contributed by atoms with van der Waals surface area (Å²) in [7, 11) is 0. The highest BCUT2D eigenvalue weighted by Gasteiger charge is 2.26. The Kier molecular flexibility index (Phi) is 5.31. The number of hydrogen-bond acceptors (Lipinski definition) is 2. The van der Waals surface area contributed by atoms with Gasteiger partial charge in [0.1, 0.15) is 0 Å². The molecular formula is C16H23NO3. The average Bonchev–Trinajstić information content (AvgIpc) is 2.32. The summed E-state index contributed by atoms with van der Waals surface area (Å²) in [6.07, 6.45) is 0. The molecule has 1 rings (SSSR count). The van der Waals surface area contributed by atoms with Crippen molar-refractivity contribution in [1.29, 1.82) is 0 Å². The molecule has 0 radical (unpaired) electrons. The quantitative estimate of drug-likeness (QED) is 0.869. The van der Waals surface area contributed by atoms with Crippen LogP contribution in [0.25, 0.3) is 0 Å². The summed E-state index contributed by atoms with van der Waals surface area (Å²) >= 11 is 0. The van der Waals surface area contributed by atoms with Crippen LogP contribution in [0.4, 0.5) is 0 Å². The van der Waals surface area contributed by atoms with E-state index < -0.39 is 12.0 Å². The van der Waals surface area contributed by atoms with Crippen LogP contribution in [0.2, 0.25) is 0 Å². The van der Waals surface area contributed by atoms with Crippen molar-refractivity contribution in [1.82, 2.24) is 5.32 Å². The number of carbonyl (C=O) groups excluding carboxylic acids is 1. The normalized spacial score (nSPS) is 13.9. The average molecular weight is 277 g/mol. The van der Waals surface area contributed by atoms with Crippen molar-refractivity contribution in [2.75, 3.05) is 0 Å². The van der Waals surface area contributed by atoms with Gasteiger partial charge in [-0.15, -0.1) is 0 Å². The lowest BCUT2D eigenvalue weighted by atomic mass is 9.95. The van der Waals surface area contributed by atoms with E-state index in [0.717, 1.165) is 11.1 Å². The third-order valence-corrected chi connectivity index (χ3v) is 3.52. The molecular weight excluding hydrogens is 254 g/mol. The molecule has 110 valence electrons. The predicted octanol–water partition coefficient (Wildman–Crippen LogP) is 2.84. The maximum Gasteiger partial charge on any atom is 0.330 e. The molecule has 2 N–H and O–H groups in total. The molecule has 1 amide bonds. The summed E-state index contributed by atoms with van der Waals surface area (Å²) in [6, 6.07) is 4.57. The smallest absolute Gasteiger partial charge is 0.330 e. The first-order valence-electron chi connectivity index (χ1n) is 6.83. The van der Waals surface area contributed by atoms with Gasteiger partial charge in [0.15, 0.2) is 6.04 Å². The maximum atomic E-state index is 12.1. The number of carbonyl (C=O) groups is 2. The van der Waals surface area contributed by atoms with Crippen molar-refractivity contribution in [2.45, 2.75) is 40.7 Å². The number of aliphatic carboxylic acids is 1. The molecule has 0 saturated carbocycles. The van der Waals surface area contributed by atoms with Crippen LogP contribution in [-0.4, -0.2) is 17.0 Å². The monoisotopic (exact) mass is 277 g/mol. The zero-order valence-electron chi connectivity index (χ0n) is 12.7. The van der Waals surface area contributed by atoms with E-state index >= 15 is 0 Å². The van der Waals surface area contributed by atoms with Crippen LogP contribution in [0.1, 0.15) is 43.5 Å². The Labute approximate surface area is 120 Å². The van der Waals surface area contributed by atoms with Crippen molar-refractivity contribution < 1.29 is 14.7 Å². The maximum absolute atomic E-state index is 12.1. The van der Waals surface area contributed by atoms with Crippen LogP contribution in [0.3, 0.4) is 0 Å². The highest BCUT2D eigenvalue weighted by atomic mass is 16.4. The number of rotatable bonds is 5. The van der Waals surface area contributed by atoms with Gasteiger partial charge in [-0.1, -0.05) is 50.1 Å². The molecule has 0 aromatic heterocycles. The minimum atomic E-state index is -1.04. The minimum absolute atomic E-state index is 0.170. The van der Waals surface area contributed by atoms with Gasteiger partial charge in [0, 0.05) is 5.92 Å². The molecule has 2 atom stereocenters. The fourth-order valence-corrected chi connectivity index (χ4v) is 2.04. The second kappa shape index (κ2) is 6.55. The second-order valence-corrected chi connectivity index (χ2v) is 5.73. The SMILES string of the molecule is Cc1cc(C)cc(C(NC(=O)C(C)C(C)C)C(=O)O)c1. The first-order chi connectivity index (χ1) is 9.22. The van der Waals surface area contributed by atoms with Gasteiger partial charge in [-0.3, -0.25) is 4.79 Å². The fourth-order valence-electron chi connectivity index (χ4n) is 2.04. The van der Waals surface area contributed by atoms with Crippen molar-refractivity contribution >= 4 is 11.9 Å². The van der Waals surface area contributed by atoms with E-state index in [1.54, 1.807) is 19.1 Å². The number of nitrogens with one attached hydrogen (secondary N) is 1. The van der Waals surface area contributed by atoms with Gasteiger partial charge < -0.3 is 10.4 Å². The summed E-state index contributed by atoms with van der Waals surface area (Å²) < 4.78 is 0. The van der Waals surface area contributed by atoms with Gasteiger partial charge in [-0.05, 0) is 25.3 Å². The first kappa shape index (κ1) is 16.2. The molecule has 0 aliphatic carbocycles. The van der Waals surface area contributed by atoms with Crippen molar-refractivity contribution in [2.24, 2.45) is 11.8 Å². The molecule has 1 aromatic rings. The number of benzene rings is 1. The van der Waals surface area contributed by atoms with Gasteiger partial charge in [-0.25, -0.2) is 4.79 Å². The van der Waals surface area contributed by atoms with E-state index in [1.165, 1.54) is 0 Å². The molecule has 0 bridgehead atoms. The Hall–Kier alpha value is -1.84. The molecule has 20 heavy (non-hydrogen) atoms. The molecule has 0 fully saturated rings. The minimum Gasteiger partial charge on any atom is -0.479 e. The molecule has 0 aliphatic rings. The zero-order chi connectivity index (χ0) is 15.4. The highest BCUT2D eigenvalue weighted by Crippen LogP contribution is 2.19. The largest absolute Gasteiger partial charge is 0.479 e. The second-order valence-electron chi connectivity index (χ2n) is 5.73.